The highest BCUT2D eigenvalue weighted by Gasteiger charge is 2.22. The van der Waals surface area contributed by atoms with Crippen molar-refractivity contribution in [1.82, 2.24) is 20.2 Å². The van der Waals surface area contributed by atoms with Crippen molar-refractivity contribution in [2.45, 2.75) is 19.4 Å². The zero-order valence-corrected chi connectivity index (χ0v) is 9.19. The first-order valence-corrected chi connectivity index (χ1v) is 5.63. The van der Waals surface area contributed by atoms with Gasteiger partial charge in [-0.15, -0.1) is 0 Å². The molecule has 2 heterocycles. The first kappa shape index (κ1) is 10.5. The van der Waals surface area contributed by atoms with Crippen LogP contribution in [0.4, 0.5) is 0 Å². The van der Waals surface area contributed by atoms with Gasteiger partial charge in [-0.25, -0.2) is 9.97 Å². The minimum Gasteiger partial charge on any atom is -0.314 e. The summed E-state index contributed by atoms with van der Waals surface area (Å²) in [6.45, 7) is 6.53. The van der Waals surface area contributed by atoms with E-state index in [9.17, 15) is 0 Å². The van der Waals surface area contributed by atoms with Crippen LogP contribution in [0.2, 0.25) is 0 Å². The maximum Gasteiger partial charge on any atom is 0.145 e. The highest BCUT2D eigenvalue weighted by Crippen LogP contribution is 2.20. The van der Waals surface area contributed by atoms with Crippen LogP contribution in [-0.2, 0) is 0 Å². The van der Waals surface area contributed by atoms with Crippen LogP contribution in [0.5, 0.6) is 0 Å². The first-order valence-electron chi connectivity index (χ1n) is 5.63. The zero-order valence-electron chi connectivity index (χ0n) is 9.19. The molecule has 1 aromatic heterocycles. The van der Waals surface area contributed by atoms with Gasteiger partial charge in [0.1, 0.15) is 5.82 Å². The molecular weight excluding hydrogens is 188 g/mol. The molecule has 1 unspecified atom stereocenters. The van der Waals surface area contributed by atoms with Crippen molar-refractivity contribution < 1.29 is 0 Å². The van der Waals surface area contributed by atoms with Crippen molar-refractivity contribution in [2.75, 3.05) is 26.2 Å². The van der Waals surface area contributed by atoms with E-state index in [1.807, 2.05) is 18.5 Å². The topological polar surface area (TPSA) is 41.1 Å². The number of aromatic nitrogens is 2. The molecule has 0 aromatic carbocycles. The van der Waals surface area contributed by atoms with E-state index >= 15 is 0 Å². The van der Waals surface area contributed by atoms with Gasteiger partial charge in [0.05, 0.1) is 6.04 Å². The Bertz CT molecular complexity index is 282. The van der Waals surface area contributed by atoms with E-state index in [0.29, 0.717) is 6.04 Å². The smallest absolute Gasteiger partial charge is 0.145 e. The number of hydrogen-bond donors (Lipinski definition) is 1. The fraction of sp³-hybridized carbons (Fsp3) is 0.636. The van der Waals surface area contributed by atoms with Gasteiger partial charge in [0.15, 0.2) is 0 Å². The van der Waals surface area contributed by atoms with Crippen LogP contribution in [0.15, 0.2) is 18.5 Å². The van der Waals surface area contributed by atoms with E-state index in [0.717, 1.165) is 38.4 Å². The van der Waals surface area contributed by atoms with Crippen molar-refractivity contribution in [3.63, 3.8) is 0 Å². The van der Waals surface area contributed by atoms with Crippen molar-refractivity contribution in [2.24, 2.45) is 0 Å². The molecule has 1 aliphatic heterocycles. The van der Waals surface area contributed by atoms with E-state index in [4.69, 9.17) is 0 Å². The Hall–Kier alpha value is -1.00. The Morgan fingerprint density at radius 3 is 2.60 bits per heavy atom. The quantitative estimate of drug-likeness (QED) is 0.795. The van der Waals surface area contributed by atoms with Gasteiger partial charge in [0.25, 0.3) is 0 Å². The lowest BCUT2D eigenvalue weighted by molar-refractivity contribution is 0.163. The number of piperazine rings is 1. The fourth-order valence-electron chi connectivity index (χ4n) is 2.08. The molecule has 4 nitrogen and oxygen atoms in total. The largest absolute Gasteiger partial charge is 0.314 e. The Balaban J connectivity index is 2.09. The Morgan fingerprint density at radius 2 is 2.00 bits per heavy atom. The average molecular weight is 206 g/mol. The standard InChI is InChI=1S/C11H18N4/c1-2-10(11-13-4-3-5-14-11)15-8-6-12-7-9-15/h3-5,10,12H,2,6-9H2,1H3. The van der Waals surface area contributed by atoms with Gasteiger partial charge in [0, 0.05) is 38.6 Å². The summed E-state index contributed by atoms with van der Waals surface area (Å²) in [6.07, 6.45) is 4.73. The average Bonchev–Trinajstić information content (AvgIpc) is 2.33. The Labute approximate surface area is 90.7 Å². The summed E-state index contributed by atoms with van der Waals surface area (Å²) >= 11 is 0. The maximum absolute atomic E-state index is 4.35. The molecule has 0 spiro atoms. The summed E-state index contributed by atoms with van der Waals surface area (Å²) in [5, 5.41) is 3.36. The molecule has 0 bridgehead atoms. The van der Waals surface area contributed by atoms with E-state index in [1.54, 1.807) is 0 Å². The van der Waals surface area contributed by atoms with Crippen molar-refractivity contribution in [3.05, 3.63) is 24.3 Å². The maximum atomic E-state index is 4.35. The van der Waals surface area contributed by atoms with Crippen LogP contribution < -0.4 is 5.32 Å². The predicted octanol–water partition coefficient (Wildman–Crippen LogP) is 0.833. The fourth-order valence-corrected chi connectivity index (χ4v) is 2.08. The summed E-state index contributed by atoms with van der Waals surface area (Å²) in [5.74, 6) is 0.960. The molecular formula is C11H18N4. The zero-order chi connectivity index (χ0) is 10.5. The van der Waals surface area contributed by atoms with Crippen LogP contribution in [0.25, 0.3) is 0 Å². The summed E-state index contributed by atoms with van der Waals surface area (Å²) in [5.41, 5.74) is 0. The molecule has 1 aliphatic rings. The highest BCUT2D eigenvalue weighted by atomic mass is 15.2. The van der Waals surface area contributed by atoms with Crippen LogP contribution in [0, 0.1) is 0 Å². The Morgan fingerprint density at radius 1 is 1.33 bits per heavy atom. The molecule has 2 rings (SSSR count). The number of nitrogens with one attached hydrogen (secondary N) is 1. The minimum absolute atomic E-state index is 0.383. The number of nitrogens with zero attached hydrogens (tertiary/aromatic N) is 3. The third-order valence-corrected chi connectivity index (χ3v) is 2.86. The van der Waals surface area contributed by atoms with Crippen molar-refractivity contribution in [1.29, 1.82) is 0 Å². The van der Waals surface area contributed by atoms with Gasteiger partial charge < -0.3 is 5.32 Å². The minimum atomic E-state index is 0.383. The second-order valence-electron chi connectivity index (χ2n) is 3.82. The normalized spacial score (nSPS) is 20.1. The van der Waals surface area contributed by atoms with Crippen LogP contribution in [0.1, 0.15) is 25.2 Å². The second-order valence-corrected chi connectivity index (χ2v) is 3.82. The van der Waals surface area contributed by atoms with E-state index in [2.05, 4.69) is 27.1 Å². The van der Waals surface area contributed by atoms with Crippen molar-refractivity contribution >= 4 is 0 Å². The van der Waals surface area contributed by atoms with Gasteiger partial charge in [-0.05, 0) is 12.5 Å². The summed E-state index contributed by atoms with van der Waals surface area (Å²) in [6, 6.07) is 2.25. The third-order valence-electron chi connectivity index (χ3n) is 2.86. The van der Waals surface area contributed by atoms with Gasteiger partial charge in [0.2, 0.25) is 0 Å². The molecule has 0 amide bonds. The molecule has 1 fully saturated rings. The van der Waals surface area contributed by atoms with Crippen LogP contribution >= 0.6 is 0 Å². The van der Waals surface area contributed by atoms with Gasteiger partial charge in [-0.3, -0.25) is 4.90 Å². The van der Waals surface area contributed by atoms with E-state index in [-0.39, 0.29) is 0 Å². The molecule has 15 heavy (non-hydrogen) atoms. The lowest BCUT2D eigenvalue weighted by Gasteiger charge is -2.33. The Kier molecular flexibility index (Phi) is 3.64. The molecule has 1 aromatic rings. The van der Waals surface area contributed by atoms with E-state index in [1.165, 1.54) is 0 Å². The number of rotatable bonds is 3. The number of hydrogen-bond acceptors (Lipinski definition) is 4. The molecule has 4 heteroatoms. The molecule has 0 saturated carbocycles. The lowest BCUT2D eigenvalue weighted by Crippen LogP contribution is -2.45. The summed E-state index contributed by atoms with van der Waals surface area (Å²) in [7, 11) is 0. The molecule has 0 aliphatic carbocycles. The third kappa shape index (κ3) is 2.52. The summed E-state index contributed by atoms with van der Waals surface area (Å²) < 4.78 is 0. The van der Waals surface area contributed by atoms with Crippen LogP contribution in [-0.4, -0.2) is 41.0 Å². The first-order chi connectivity index (χ1) is 7.42. The van der Waals surface area contributed by atoms with Crippen LogP contribution in [0.3, 0.4) is 0 Å². The van der Waals surface area contributed by atoms with Crippen molar-refractivity contribution in [3.8, 4) is 0 Å². The van der Waals surface area contributed by atoms with E-state index < -0.39 is 0 Å². The summed E-state index contributed by atoms with van der Waals surface area (Å²) in [4.78, 5) is 11.2. The molecule has 0 radical (unpaired) electrons. The van der Waals surface area contributed by atoms with Gasteiger partial charge >= 0.3 is 0 Å². The molecule has 1 atom stereocenters. The van der Waals surface area contributed by atoms with Gasteiger partial charge in [-0.2, -0.15) is 0 Å². The predicted molar refractivity (Wildman–Crippen MR) is 59.5 cm³/mol. The lowest BCUT2D eigenvalue weighted by atomic mass is 10.1. The second kappa shape index (κ2) is 5.19. The molecule has 82 valence electrons. The molecule has 1 saturated heterocycles. The SMILES string of the molecule is CCC(c1ncccn1)N1CCNCC1. The monoisotopic (exact) mass is 206 g/mol. The molecule has 1 N–H and O–H groups in total. The highest BCUT2D eigenvalue weighted by molar-refractivity contribution is 4.97. The van der Waals surface area contributed by atoms with Gasteiger partial charge in [-0.1, -0.05) is 6.92 Å².